The molecular weight excluding hydrogens is 240 g/mol. The minimum absolute atomic E-state index is 0.389. The van der Waals surface area contributed by atoms with Crippen LogP contribution >= 0.6 is 0 Å². The first-order chi connectivity index (χ1) is 8.03. The highest BCUT2D eigenvalue weighted by molar-refractivity contribution is 7.86. The van der Waals surface area contributed by atoms with Gasteiger partial charge in [-0.25, -0.2) is 0 Å². The quantitative estimate of drug-likeness (QED) is 0.804. The molecule has 0 saturated carbocycles. The molecule has 1 heterocycles. The van der Waals surface area contributed by atoms with Gasteiger partial charge in [-0.2, -0.15) is 17.0 Å². The van der Waals surface area contributed by atoms with Crippen LogP contribution < -0.4 is 0 Å². The molecule has 0 spiro atoms. The average molecular weight is 256 g/mol. The number of rotatable bonds is 3. The molecule has 1 atom stereocenters. The normalized spacial score (nSPS) is 22.2. The van der Waals surface area contributed by atoms with Crippen molar-refractivity contribution in [2.45, 2.75) is 6.23 Å². The monoisotopic (exact) mass is 256 g/mol. The summed E-state index contributed by atoms with van der Waals surface area (Å²) in [5, 5.41) is 0. The Morgan fingerprint density at radius 1 is 1.29 bits per heavy atom. The highest BCUT2D eigenvalue weighted by atomic mass is 32.2. The highest BCUT2D eigenvalue weighted by Crippen LogP contribution is 2.29. The van der Waals surface area contributed by atoms with Crippen LogP contribution in [0, 0.1) is 0 Å². The van der Waals surface area contributed by atoms with Gasteiger partial charge in [0, 0.05) is 20.6 Å². The molecule has 0 amide bonds. The van der Waals surface area contributed by atoms with Crippen molar-refractivity contribution in [3.8, 4) is 0 Å². The van der Waals surface area contributed by atoms with E-state index in [2.05, 4.69) is 0 Å². The van der Waals surface area contributed by atoms with E-state index in [4.69, 9.17) is 4.74 Å². The Morgan fingerprint density at radius 2 is 1.94 bits per heavy atom. The van der Waals surface area contributed by atoms with Gasteiger partial charge in [0.2, 0.25) is 0 Å². The lowest BCUT2D eigenvalue weighted by Gasteiger charge is -2.25. The summed E-state index contributed by atoms with van der Waals surface area (Å²) >= 11 is 0. The van der Waals surface area contributed by atoms with E-state index < -0.39 is 16.4 Å². The van der Waals surface area contributed by atoms with E-state index in [0.717, 1.165) is 5.56 Å². The van der Waals surface area contributed by atoms with Gasteiger partial charge in [-0.05, 0) is 5.56 Å². The topological polar surface area (TPSA) is 49.9 Å². The summed E-state index contributed by atoms with van der Waals surface area (Å²) in [6, 6.07) is 9.38. The minimum Gasteiger partial charge on any atom is -0.356 e. The van der Waals surface area contributed by atoms with Crippen LogP contribution in [0.15, 0.2) is 30.3 Å². The molecule has 0 radical (unpaired) electrons. The van der Waals surface area contributed by atoms with Gasteiger partial charge >= 0.3 is 0 Å². The lowest BCUT2D eigenvalue weighted by molar-refractivity contribution is 0.0664. The van der Waals surface area contributed by atoms with Crippen molar-refractivity contribution >= 4 is 10.2 Å². The Labute approximate surface area is 102 Å². The predicted octanol–water partition coefficient (Wildman–Crippen LogP) is 0.824. The molecule has 0 aromatic heterocycles. The molecule has 1 aliphatic heterocycles. The second kappa shape index (κ2) is 4.73. The predicted molar refractivity (Wildman–Crippen MR) is 64.4 cm³/mol. The van der Waals surface area contributed by atoms with E-state index in [1.165, 1.54) is 22.7 Å². The first kappa shape index (κ1) is 12.5. The lowest BCUT2D eigenvalue weighted by Crippen LogP contribution is -2.39. The second-order valence-electron chi connectivity index (χ2n) is 4.03. The highest BCUT2D eigenvalue weighted by Gasteiger charge is 2.37. The van der Waals surface area contributed by atoms with E-state index in [-0.39, 0.29) is 0 Å². The van der Waals surface area contributed by atoms with E-state index in [0.29, 0.717) is 13.2 Å². The Hall–Kier alpha value is -0.950. The number of nitrogens with zero attached hydrogens (tertiary/aromatic N) is 2. The largest absolute Gasteiger partial charge is 0.356 e. The standard InChI is InChI=1S/C11H16N2O3S/c1-12(2)17(14,15)13-8-9-16-11(13)10-6-4-3-5-7-10/h3-7,11H,8-9H2,1-2H3. The fraction of sp³-hybridized carbons (Fsp3) is 0.455. The average Bonchev–Trinajstić information content (AvgIpc) is 2.79. The van der Waals surface area contributed by atoms with Gasteiger partial charge in [0.25, 0.3) is 10.2 Å². The van der Waals surface area contributed by atoms with Gasteiger partial charge in [-0.1, -0.05) is 30.3 Å². The maximum absolute atomic E-state index is 12.1. The Morgan fingerprint density at radius 3 is 2.53 bits per heavy atom. The van der Waals surface area contributed by atoms with Crippen LogP contribution in [0.2, 0.25) is 0 Å². The molecule has 5 nitrogen and oxygen atoms in total. The van der Waals surface area contributed by atoms with Crippen LogP contribution in [0.25, 0.3) is 0 Å². The molecule has 0 aliphatic carbocycles. The molecule has 1 fully saturated rings. The van der Waals surface area contributed by atoms with E-state index in [1.54, 1.807) is 0 Å². The van der Waals surface area contributed by atoms with Crippen molar-refractivity contribution in [1.29, 1.82) is 0 Å². The third-order valence-electron chi connectivity index (χ3n) is 2.69. The van der Waals surface area contributed by atoms with Crippen LogP contribution in [-0.2, 0) is 14.9 Å². The molecular formula is C11H16N2O3S. The summed E-state index contributed by atoms with van der Waals surface area (Å²) in [7, 11) is -0.385. The van der Waals surface area contributed by atoms with Crippen LogP contribution in [0.5, 0.6) is 0 Å². The Bertz CT molecular complexity index is 473. The summed E-state index contributed by atoms with van der Waals surface area (Å²) < 4.78 is 32.3. The lowest BCUT2D eigenvalue weighted by atomic mass is 10.2. The number of ether oxygens (including phenoxy) is 1. The van der Waals surface area contributed by atoms with E-state index >= 15 is 0 Å². The fourth-order valence-electron chi connectivity index (χ4n) is 1.78. The van der Waals surface area contributed by atoms with Crippen molar-refractivity contribution in [1.82, 2.24) is 8.61 Å². The van der Waals surface area contributed by atoms with Crippen LogP contribution in [0.1, 0.15) is 11.8 Å². The van der Waals surface area contributed by atoms with Crippen LogP contribution in [0.3, 0.4) is 0 Å². The van der Waals surface area contributed by atoms with Crippen molar-refractivity contribution in [3.05, 3.63) is 35.9 Å². The number of hydrogen-bond donors (Lipinski definition) is 0. The maximum Gasteiger partial charge on any atom is 0.284 e. The van der Waals surface area contributed by atoms with E-state index in [9.17, 15) is 8.42 Å². The molecule has 1 aromatic rings. The SMILES string of the molecule is CN(C)S(=O)(=O)N1CCOC1c1ccccc1. The van der Waals surface area contributed by atoms with Crippen molar-refractivity contribution in [2.75, 3.05) is 27.2 Å². The zero-order valence-electron chi connectivity index (χ0n) is 9.91. The minimum atomic E-state index is -3.43. The number of hydrogen-bond acceptors (Lipinski definition) is 3. The number of benzene rings is 1. The molecule has 1 aliphatic rings. The zero-order valence-corrected chi connectivity index (χ0v) is 10.7. The Kier molecular flexibility index (Phi) is 3.48. The van der Waals surface area contributed by atoms with Gasteiger partial charge in [0.05, 0.1) is 6.61 Å². The third-order valence-corrected chi connectivity index (χ3v) is 4.58. The smallest absolute Gasteiger partial charge is 0.284 e. The van der Waals surface area contributed by atoms with Crippen molar-refractivity contribution < 1.29 is 13.2 Å². The van der Waals surface area contributed by atoms with E-state index in [1.807, 2.05) is 30.3 Å². The molecule has 1 unspecified atom stereocenters. The van der Waals surface area contributed by atoms with Crippen molar-refractivity contribution in [2.24, 2.45) is 0 Å². The molecule has 1 aromatic carbocycles. The summed E-state index contributed by atoms with van der Waals surface area (Å²) in [4.78, 5) is 0. The fourth-order valence-corrected chi connectivity index (χ4v) is 2.93. The van der Waals surface area contributed by atoms with Crippen LogP contribution in [-0.4, -0.2) is 44.3 Å². The van der Waals surface area contributed by atoms with Crippen molar-refractivity contribution in [3.63, 3.8) is 0 Å². The van der Waals surface area contributed by atoms with Crippen LogP contribution in [0.4, 0.5) is 0 Å². The molecule has 0 bridgehead atoms. The molecule has 17 heavy (non-hydrogen) atoms. The van der Waals surface area contributed by atoms with Gasteiger partial charge < -0.3 is 4.74 Å². The maximum atomic E-state index is 12.1. The first-order valence-electron chi connectivity index (χ1n) is 5.39. The summed E-state index contributed by atoms with van der Waals surface area (Å²) in [5.41, 5.74) is 0.857. The summed E-state index contributed by atoms with van der Waals surface area (Å²) in [6.07, 6.45) is -0.511. The summed E-state index contributed by atoms with van der Waals surface area (Å²) in [5.74, 6) is 0. The third kappa shape index (κ3) is 2.35. The molecule has 0 N–H and O–H groups in total. The van der Waals surface area contributed by atoms with Gasteiger partial charge in [-0.3, -0.25) is 0 Å². The molecule has 1 saturated heterocycles. The van der Waals surface area contributed by atoms with Gasteiger partial charge in [0.15, 0.2) is 6.23 Å². The first-order valence-corrected chi connectivity index (χ1v) is 6.79. The van der Waals surface area contributed by atoms with Gasteiger partial charge in [0.1, 0.15) is 0 Å². The summed E-state index contributed by atoms with van der Waals surface area (Å²) in [6.45, 7) is 0.812. The molecule has 2 rings (SSSR count). The Balaban J connectivity index is 2.31. The van der Waals surface area contributed by atoms with Gasteiger partial charge in [-0.15, -0.1) is 0 Å². The molecule has 94 valence electrons. The molecule has 6 heteroatoms. The zero-order chi connectivity index (χ0) is 12.5. The second-order valence-corrected chi connectivity index (χ2v) is 6.13.